The Hall–Kier alpha value is -1.43. The number of unbranched alkanes of at least 4 members (excludes halogenated alkanes) is 1. The van der Waals surface area contributed by atoms with E-state index in [9.17, 15) is 0 Å². The summed E-state index contributed by atoms with van der Waals surface area (Å²) in [5.74, 6) is 1.37. The van der Waals surface area contributed by atoms with Crippen LogP contribution >= 0.6 is 15.9 Å². The number of tetrazole rings is 1. The van der Waals surface area contributed by atoms with E-state index < -0.39 is 0 Å². The zero-order chi connectivity index (χ0) is 15.2. The fraction of sp³-hybridized carbons (Fsp3) is 0.533. The highest BCUT2D eigenvalue weighted by molar-refractivity contribution is 9.10. The summed E-state index contributed by atoms with van der Waals surface area (Å²) >= 11 is 3.55. The number of hydrogen-bond acceptors (Lipinski definition) is 4. The third kappa shape index (κ3) is 4.03. The zero-order valence-corrected chi connectivity index (χ0v) is 14.2. The summed E-state index contributed by atoms with van der Waals surface area (Å²) in [6.45, 7) is 5.29. The monoisotopic (exact) mass is 351 g/mol. The number of nitrogens with two attached hydrogens (primary N) is 1. The highest BCUT2D eigenvalue weighted by Crippen LogP contribution is 2.29. The summed E-state index contributed by atoms with van der Waals surface area (Å²) in [6, 6.07) is 5.69. The lowest BCUT2D eigenvalue weighted by Crippen LogP contribution is -2.13. The maximum absolute atomic E-state index is 5.88. The van der Waals surface area contributed by atoms with Gasteiger partial charge in [-0.25, -0.2) is 4.68 Å². The van der Waals surface area contributed by atoms with Crippen molar-refractivity contribution in [2.45, 2.75) is 46.1 Å². The number of anilines is 1. The lowest BCUT2D eigenvalue weighted by atomic mass is 9.99. The van der Waals surface area contributed by atoms with E-state index in [1.54, 1.807) is 0 Å². The van der Waals surface area contributed by atoms with Gasteiger partial charge in [0.1, 0.15) is 0 Å². The molecule has 5 nitrogen and oxygen atoms in total. The van der Waals surface area contributed by atoms with E-state index in [-0.39, 0.29) is 0 Å². The molecule has 2 aromatic rings. The molecule has 1 aromatic carbocycles. The molecule has 1 unspecified atom stereocenters. The predicted molar refractivity (Wildman–Crippen MR) is 88.7 cm³/mol. The van der Waals surface area contributed by atoms with Crippen LogP contribution < -0.4 is 5.73 Å². The van der Waals surface area contributed by atoms with Gasteiger partial charge >= 0.3 is 0 Å². The number of benzene rings is 1. The van der Waals surface area contributed by atoms with E-state index in [1.165, 1.54) is 19.3 Å². The van der Waals surface area contributed by atoms with Gasteiger partial charge in [0.15, 0.2) is 5.82 Å². The Morgan fingerprint density at radius 2 is 2.14 bits per heavy atom. The molecule has 2 rings (SSSR count). The number of hydrogen-bond donors (Lipinski definition) is 1. The van der Waals surface area contributed by atoms with E-state index in [2.05, 4.69) is 45.3 Å². The molecule has 0 aliphatic rings. The lowest BCUT2D eigenvalue weighted by Gasteiger charge is -2.15. The minimum Gasteiger partial charge on any atom is -0.399 e. The van der Waals surface area contributed by atoms with Gasteiger partial charge < -0.3 is 5.73 Å². The Balaban J connectivity index is 2.23. The third-order valence-electron chi connectivity index (χ3n) is 3.74. The number of halogens is 1. The summed E-state index contributed by atoms with van der Waals surface area (Å²) in [7, 11) is 0. The molecule has 0 aliphatic carbocycles. The fourth-order valence-corrected chi connectivity index (χ4v) is 2.82. The van der Waals surface area contributed by atoms with Crippen LogP contribution in [-0.2, 0) is 6.54 Å². The largest absolute Gasteiger partial charge is 0.399 e. The van der Waals surface area contributed by atoms with Crippen molar-refractivity contribution in [3.8, 4) is 11.4 Å². The van der Waals surface area contributed by atoms with Crippen LogP contribution in [0.2, 0.25) is 0 Å². The number of aromatic nitrogens is 4. The van der Waals surface area contributed by atoms with Gasteiger partial charge in [-0.1, -0.05) is 49.0 Å². The van der Waals surface area contributed by atoms with Crippen LogP contribution in [0.3, 0.4) is 0 Å². The molecule has 0 bridgehead atoms. The maximum Gasteiger partial charge on any atom is 0.183 e. The molecular weight excluding hydrogens is 330 g/mol. The summed E-state index contributed by atoms with van der Waals surface area (Å²) in [4.78, 5) is 0. The second-order valence-electron chi connectivity index (χ2n) is 5.34. The van der Waals surface area contributed by atoms with Gasteiger partial charge in [0.25, 0.3) is 0 Å². The highest BCUT2D eigenvalue weighted by Gasteiger charge is 2.15. The molecular formula is C15H22BrN5. The molecule has 0 aliphatic heterocycles. The van der Waals surface area contributed by atoms with E-state index in [0.717, 1.165) is 28.8 Å². The van der Waals surface area contributed by atoms with Gasteiger partial charge in [-0.3, -0.25) is 0 Å². The Morgan fingerprint density at radius 1 is 1.33 bits per heavy atom. The average molecular weight is 352 g/mol. The van der Waals surface area contributed by atoms with Crippen LogP contribution in [0, 0.1) is 5.92 Å². The molecule has 21 heavy (non-hydrogen) atoms. The lowest BCUT2D eigenvalue weighted by molar-refractivity contribution is 0.370. The molecule has 0 amide bonds. The highest BCUT2D eigenvalue weighted by atomic mass is 79.9. The van der Waals surface area contributed by atoms with Crippen molar-refractivity contribution in [3.63, 3.8) is 0 Å². The van der Waals surface area contributed by atoms with Crippen LogP contribution in [0.15, 0.2) is 22.7 Å². The van der Waals surface area contributed by atoms with Gasteiger partial charge in [0, 0.05) is 22.3 Å². The van der Waals surface area contributed by atoms with E-state index >= 15 is 0 Å². The second-order valence-corrected chi connectivity index (χ2v) is 6.19. The molecule has 0 saturated heterocycles. The topological polar surface area (TPSA) is 69.6 Å². The van der Waals surface area contributed by atoms with Crippen molar-refractivity contribution >= 4 is 21.6 Å². The summed E-state index contributed by atoms with van der Waals surface area (Å²) in [5.41, 5.74) is 7.52. The molecule has 1 aromatic heterocycles. The first-order chi connectivity index (χ1) is 10.2. The van der Waals surface area contributed by atoms with Crippen LogP contribution in [-0.4, -0.2) is 20.2 Å². The average Bonchev–Trinajstić information content (AvgIpc) is 2.93. The molecule has 1 atom stereocenters. The van der Waals surface area contributed by atoms with Crippen molar-refractivity contribution in [3.05, 3.63) is 22.7 Å². The number of nitrogens with zero attached hydrogens (tertiary/aromatic N) is 4. The molecule has 114 valence electrons. The van der Waals surface area contributed by atoms with Crippen LogP contribution in [0.4, 0.5) is 5.69 Å². The standard InChI is InChI=1S/C15H22BrN5/c1-3-5-6-11(4-2)10-21-15(18-19-20-21)13-9-12(17)7-8-14(13)16/h7-9,11H,3-6,10,17H2,1-2H3. The Bertz CT molecular complexity index is 581. The minimum atomic E-state index is 0.604. The van der Waals surface area contributed by atoms with Crippen LogP contribution in [0.25, 0.3) is 11.4 Å². The van der Waals surface area contributed by atoms with Gasteiger partial charge in [0.2, 0.25) is 0 Å². The first-order valence-electron chi connectivity index (χ1n) is 7.47. The van der Waals surface area contributed by atoms with E-state index in [0.29, 0.717) is 11.6 Å². The summed E-state index contributed by atoms with van der Waals surface area (Å²) < 4.78 is 2.85. The number of nitrogen functional groups attached to an aromatic ring is 1. The minimum absolute atomic E-state index is 0.604. The van der Waals surface area contributed by atoms with Crippen LogP contribution in [0.1, 0.15) is 39.5 Å². The van der Waals surface area contributed by atoms with E-state index in [1.807, 2.05) is 22.9 Å². The molecule has 0 radical (unpaired) electrons. The van der Waals surface area contributed by atoms with Crippen molar-refractivity contribution in [2.75, 3.05) is 5.73 Å². The van der Waals surface area contributed by atoms with Crippen molar-refractivity contribution in [2.24, 2.45) is 5.92 Å². The fourth-order valence-electron chi connectivity index (χ4n) is 2.40. The summed E-state index contributed by atoms with van der Waals surface area (Å²) in [6.07, 6.45) is 4.82. The van der Waals surface area contributed by atoms with Gasteiger partial charge in [-0.05, 0) is 41.0 Å². The van der Waals surface area contributed by atoms with Gasteiger partial charge in [-0.2, -0.15) is 0 Å². The van der Waals surface area contributed by atoms with Crippen molar-refractivity contribution < 1.29 is 0 Å². The molecule has 6 heteroatoms. The first-order valence-corrected chi connectivity index (χ1v) is 8.26. The molecule has 0 fully saturated rings. The molecule has 0 spiro atoms. The third-order valence-corrected chi connectivity index (χ3v) is 4.43. The molecule has 0 saturated carbocycles. The predicted octanol–water partition coefficient (Wildman–Crippen LogP) is 3.90. The van der Waals surface area contributed by atoms with Crippen molar-refractivity contribution in [1.82, 2.24) is 20.2 Å². The maximum atomic E-state index is 5.88. The second kappa shape index (κ2) is 7.54. The van der Waals surface area contributed by atoms with Gasteiger partial charge in [-0.15, -0.1) is 5.10 Å². The number of rotatable bonds is 7. The SMILES string of the molecule is CCCCC(CC)Cn1nnnc1-c1cc(N)ccc1Br. The van der Waals surface area contributed by atoms with Gasteiger partial charge in [0.05, 0.1) is 0 Å². The smallest absolute Gasteiger partial charge is 0.183 e. The molecule has 2 N–H and O–H groups in total. The Kier molecular flexibility index (Phi) is 5.73. The Morgan fingerprint density at radius 3 is 2.86 bits per heavy atom. The molecule has 1 heterocycles. The Labute approximate surface area is 134 Å². The van der Waals surface area contributed by atoms with E-state index in [4.69, 9.17) is 5.73 Å². The first kappa shape index (κ1) is 15.9. The normalized spacial score (nSPS) is 12.5. The quantitative estimate of drug-likeness (QED) is 0.768. The summed E-state index contributed by atoms with van der Waals surface area (Å²) in [5, 5.41) is 12.2. The zero-order valence-electron chi connectivity index (χ0n) is 12.6. The van der Waals surface area contributed by atoms with Crippen LogP contribution in [0.5, 0.6) is 0 Å². The van der Waals surface area contributed by atoms with Crippen molar-refractivity contribution in [1.29, 1.82) is 0 Å².